The highest BCUT2D eigenvalue weighted by Gasteiger charge is 2.38. The molecular weight excluding hydrogens is 471 g/mol. The number of hydrogen-bond acceptors (Lipinski definition) is 5. The number of alkyl halides is 3. The smallest absolute Gasteiger partial charge is 0.490 e. The highest BCUT2D eigenvalue weighted by Crippen LogP contribution is 2.25. The molecule has 1 saturated heterocycles. The maximum absolute atomic E-state index is 10.6. The van der Waals surface area contributed by atoms with Gasteiger partial charge in [0.1, 0.15) is 5.75 Å². The highest BCUT2D eigenvalue weighted by molar-refractivity contribution is 5.73. The molecule has 2 aromatic carbocycles. The molecule has 3 rings (SSSR count). The van der Waals surface area contributed by atoms with Gasteiger partial charge < -0.3 is 25.0 Å². The molecule has 6 nitrogen and oxygen atoms in total. The Morgan fingerprint density at radius 3 is 2.22 bits per heavy atom. The number of nitrogens with zero attached hydrogens (tertiary/aromatic N) is 2. The molecule has 9 heteroatoms. The molecule has 0 saturated carbocycles. The van der Waals surface area contributed by atoms with Gasteiger partial charge in [-0.15, -0.1) is 0 Å². The molecule has 1 fully saturated rings. The number of hydrogen-bond donors (Lipinski definition) is 2. The lowest BCUT2D eigenvalue weighted by molar-refractivity contribution is -0.192. The van der Waals surface area contributed by atoms with Crippen LogP contribution in [-0.4, -0.2) is 73.9 Å². The van der Waals surface area contributed by atoms with Gasteiger partial charge in [0.05, 0.1) is 12.6 Å². The Hall–Kier alpha value is -2.78. The van der Waals surface area contributed by atoms with Crippen LogP contribution in [0.3, 0.4) is 0 Å². The van der Waals surface area contributed by atoms with E-state index in [9.17, 15) is 13.2 Å². The molecule has 200 valence electrons. The van der Waals surface area contributed by atoms with E-state index in [-0.39, 0.29) is 6.04 Å². The molecule has 1 atom stereocenters. The number of piperidine rings is 1. The Balaban J connectivity index is 0.000000572. The lowest BCUT2D eigenvalue weighted by atomic mass is 10.0. The largest absolute Gasteiger partial charge is 0.494 e. The van der Waals surface area contributed by atoms with Crippen LogP contribution < -0.4 is 10.1 Å². The summed E-state index contributed by atoms with van der Waals surface area (Å²) in [5.41, 5.74) is 2.46. The molecule has 0 amide bonds. The average molecular weight is 510 g/mol. The van der Waals surface area contributed by atoms with Crippen LogP contribution in [0, 0.1) is 0 Å². The van der Waals surface area contributed by atoms with E-state index < -0.39 is 12.1 Å². The Kier molecular flexibility index (Phi) is 12.6. The van der Waals surface area contributed by atoms with Crippen molar-refractivity contribution >= 4 is 11.7 Å². The van der Waals surface area contributed by atoms with Gasteiger partial charge in [-0.25, -0.2) is 4.79 Å². The van der Waals surface area contributed by atoms with Crippen LogP contribution in [-0.2, 0) is 4.79 Å². The zero-order valence-electron chi connectivity index (χ0n) is 21.1. The highest BCUT2D eigenvalue weighted by atomic mass is 19.4. The number of carbonyl (C=O) groups is 1. The number of anilines is 1. The normalized spacial score (nSPS) is 15.1. The Bertz CT molecular complexity index is 871. The molecule has 1 heterocycles. The average Bonchev–Trinajstić information content (AvgIpc) is 2.86. The van der Waals surface area contributed by atoms with Gasteiger partial charge in [0.2, 0.25) is 0 Å². The summed E-state index contributed by atoms with van der Waals surface area (Å²) in [7, 11) is 4.25. The summed E-state index contributed by atoms with van der Waals surface area (Å²) in [6.45, 7) is 5.52. The fraction of sp³-hybridized carbons (Fsp3) is 0.519. The zero-order chi connectivity index (χ0) is 26.4. The Morgan fingerprint density at radius 2 is 1.67 bits per heavy atom. The molecule has 1 aliphatic rings. The van der Waals surface area contributed by atoms with E-state index in [1.54, 1.807) is 0 Å². The van der Waals surface area contributed by atoms with Gasteiger partial charge in [-0.1, -0.05) is 36.8 Å². The lowest BCUT2D eigenvalue weighted by Crippen LogP contribution is -2.31. The van der Waals surface area contributed by atoms with Crippen molar-refractivity contribution in [3.05, 3.63) is 60.2 Å². The van der Waals surface area contributed by atoms with Crippen molar-refractivity contribution in [3.8, 4) is 5.75 Å². The number of nitrogens with one attached hydrogen (secondary N) is 1. The minimum absolute atomic E-state index is 0.285. The standard InChI is InChI=1S/C25H37N3O.C2HF3O2/c1-27(2)20-16-25(26-23-10-5-3-6-11-23)22-12-14-24(15-13-22)29-21-9-19-28-17-7-4-8-18-28;3-2(4,5)1(6)7/h3,5-6,10-15,25-26H,4,7-9,16-21H2,1-2H3;(H,6,7). The van der Waals surface area contributed by atoms with Crippen molar-refractivity contribution in [1.82, 2.24) is 9.80 Å². The lowest BCUT2D eigenvalue weighted by Gasteiger charge is -2.26. The van der Waals surface area contributed by atoms with Gasteiger partial charge in [0.15, 0.2) is 0 Å². The van der Waals surface area contributed by atoms with Crippen molar-refractivity contribution in [2.75, 3.05) is 52.2 Å². The molecule has 36 heavy (non-hydrogen) atoms. The summed E-state index contributed by atoms with van der Waals surface area (Å²) in [5, 5.41) is 10.8. The number of halogens is 3. The van der Waals surface area contributed by atoms with Crippen molar-refractivity contribution < 1.29 is 27.8 Å². The third-order valence-electron chi connectivity index (χ3n) is 5.84. The van der Waals surface area contributed by atoms with Crippen LogP contribution in [0.25, 0.3) is 0 Å². The van der Waals surface area contributed by atoms with Gasteiger partial charge in [-0.05, 0) is 89.2 Å². The van der Waals surface area contributed by atoms with Gasteiger partial charge in [-0.2, -0.15) is 13.2 Å². The number of para-hydroxylation sites is 1. The second-order valence-electron chi connectivity index (χ2n) is 9.13. The molecule has 1 aliphatic heterocycles. The Labute approximate surface area is 212 Å². The molecule has 0 spiro atoms. The van der Waals surface area contributed by atoms with Crippen molar-refractivity contribution in [2.24, 2.45) is 0 Å². The number of rotatable bonds is 11. The van der Waals surface area contributed by atoms with E-state index in [2.05, 4.69) is 83.8 Å². The maximum Gasteiger partial charge on any atom is 0.490 e. The Morgan fingerprint density at radius 1 is 1.06 bits per heavy atom. The first-order valence-corrected chi connectivity index (χ1v) is 12.4. The van der Waals surface area contributed by atoms with E-state index in [4.69, 9.17) is 14.6 Å². The summed E-state index contributed by atoms with van der Waals surface area (Å²) in [5.74, 6) is -1.79. The SMILES string of the molecule is CN(C)CCC(Nc1ccccc1)c1ccc(OCCCN2CCCCC2)cc1.O=C(O)C(F)(F)F. The second-order valence-corrected chi connectivity index (χ2v) is 9.13. The fourth-order valence-corrected chi connectivity index (χ4v) is 3.90. The molecule has 0 radical (unpaired) electrons. The number of ether oxygens (including phenoxy) is 1. The van der Waals surface area contributed by atoms with Crippen LogP contribution in [0.15, 0.2) is 54.6 Å². The predicted molar refractivity (Wildman–Crippen MR) is 137 cm³/mol. The monoisotopic (exact) mass is 509 g/mol. The summed E-state index contributed by atoms with van der Waals surface area (Å²) in [6.07, 6.45) is 1.18. The quantitative estimate of drug-likeness (QED) is 0.380. The third-order valence-corrected chi connectivity index (χ3v) is 5.84. The molecule has 2 N–H and O–H groups in total. The summed E-state index contributed by atoms with van der Waals surface area (Å²) in [6, 6.07) is 19.4. The minimum Gasteiger partial charge on any atom is -0.494 e. The van der Waals surface area contributed by atoms with Crippen LogP contribution in [0.4, 0.5) is 18.9 Å². The molecule has 2 aromatic rings. The van der Waals surface area contributed by atoms with Gasteiger partial charge in [0, 0.05) is 12.2 Å². The summed E-state index contributed by atoms with van der Waals surface area (Å²) < 4.78 is 37.7. The molecular formula is C27H38F3N3O3. The van der Waals surface area contributed by atoms with E-state index in [0.29, 0.717) is 0 Å². The first kappa shape index (κ1) is 29.5. The van der Waals surface area contributed by atoms with E-state index in [1.165, 1.54) is 37.9 Å². The topological polar surface area (TPSA) is 65.0 Å². The van der Waals surface area contributed by atoms with Crippen molar-refractivity contribution in [2.45, 2.75) is 44.3 Å². The van der Waals surface area contributed by atoms with Gasteiger partial charge in [-0.3, -0.25) is 0 Å². The number of likely N-dealkylation sites (tertiary alicyclic amines) is 1. The number of aliphatic carboxylic acids is 1. The van der Waals surface area contributed by atoms with E-state index in [0.717, 1.165) is 44.0 Å². The van der Waals surface area contributed by atoms with Crippen LogP contribution in [0.1, 0.15) is 43.7 Å². The summed E-state index contributed by atoms with van der Waals surface area (Å²) in [4.78, 5) is 13.7. The maximum atomic E-state index is 10.6. The van der Waals surface area contributed by atoms with Crippen molar-refractivity contribution in [3.63, 3.8) is 0 Å². The van der Waals surface area contributed by atoms with Crippen molar-refractivity contribution in [1.29, 1.82) is 0 Å². The fourth-order valence-electron chi connectivity index (χ4n) is 3.90. The third kappa shape index (κ3) is 11.8. The van der Waals surface area contributed by atoms with Crippen LogP contribution in [0.5, 0.6) is 5.75 Å². The number of carboxylic acids is 1. The molecule has 0 bridgehead atoms. The first-order valence-electron chi connectivity index (χ1n) is 12.4. The first-order chi connectivity index (χ1) is 17.1. The van der Waals surface area contributed by atoms with E-state index >= 15 is 0 Å². The molecule has 0 aromatic heterocycles. The molecule has 1 unspecified atom stereocenters. The minimum atomic E-state index is -5.08. The molecule has 0 aliphatic carbocycles. The van der Waals surface area contributed by atoms with Gasteiger partial charge in [0.25, 0.3) is 0 Å². The summed E-state index contributed by atoms with van der Waals surface area (Å²) >= 11 is 0. The number of benzene rings is 2. The predicted octanol–water partition coefficient (Wildman–Crippen LogP) is 5.68. The van der Waals surface area contributed by atoms with Crippen LogP contribution >= 0.6 is 0 Å². The second kappa shape index (κ2) is 15.4. The van der Waals surface area contributed by atoms with Gasteiger partial charge >= 0.3 is 12.1 Å². The zero-order valence-corrected chi connectivity index (χ0v) is 21.1. The number of carboxylic acid groups (broad SMARTS) is 1. The van der Waals surface area contributed by atoms with Crippen LogP contribution in [0.2, 0.25) is 0 Å². The van der Waals surface area contributed by atoms with E-state index in [1.807, 2.05) is 0 Å².